The van der Waals surface area contributed by atoms with Crippen molar-refractivity contribution in [1.82, 2.24) is 5.32 Å². The zero-order valence-corrected chi connectivity index (χ0v) is 13.3. The van der Waals surface area contributed by atoms with E-state index < -0.39 is 11.5 Å². The maximum absolute atomic E-state index is 11.8. The molecule has 120 valence electrons. The Balaban J connectivity index is 1.71. The number of hydrogen-bond acceptors (Lipinski definition) is 3. The van der Waals surface area contributed by atoms with Crippen molar-refractivity contribution in [2.75, 3.05) is 6.61 Å². The van der Waals surface area contributed by atoms with E-state index in [1.165, 1.54) is 0 Å². The standard InChI is InChI=1S/C16H20ClNO4/c1-11-10-12(5-6-13(11)17)22-9-2-4-14(19)18-16(15(20)21)7-3-8-16/h5-6,10H,2-4,7-9H2,1H3,(H,18,19)(H,20,21). The quantitative estimate of drug-likeness (QED) is 0.756. The van der Waals surface area contributed by atoms with Crippen LogP contribution in [0.1, 0.15) is 37.7 Å². The molecule has 0 atom stereocenters. The number of carbonyl (C=O) groups excluding carboxylic acids is 1. The van der Waals surface area contributed by atoms with Crippen LogP contribution >= 0.6 is 11.6 Å². The number of aryl methyl sites for hydroxylation is 1. The van der Waals surface area contributed by atoms with Gasteiger partial charge in [-0.15, -0.1) is 0 Å². The predicted octanol–water partition coefficient (Wildman–Crippen LogP) is 2.93. The summed E-state index contributed by atoms with van der Waals surface area (Å²) >= 11 is 5.93. The molecule has 1 fully saturated rings. The summed E-state index contributed by atoms with van der Waals surface area (Å²) in [6, 6.07) is 5.39. The number of nitrogens with one attached hydrogen (secondary N) is 1. The van der Waals surface area contributed by atoms with Gasteiger partial charge in [0.25, 0.3) is 0 Å². The van der Waals surface area contributed by atoms with Crippen molar-refractivity contribution in [3.63, 3.8) is 0 Å². The molecule has 1 aliphatic rings. The van der Waals surface area contributed by atoms with Gasteiger partial charge in [-0.2, -0.15) is 0 Å². The number of carboxylic acids is 1. The van der Waals surface area contributed by atoms with E-state index in [1.807, 2.05) is 13.0 Å². The summed E-state index contributed by atoms with van der Waals surface area (Å²) in [6.07, 6.45) is 2.64. The molecule has 2 rings (SSSR count). The summed E-state index contributed by atoms with van der Waals surface area (Å²) < 4.78 is 5.56. The largest absolute Gasteiger partial charge is 0.494 e. The molecular formula is C16H20ClNO4. The van der Waals surface area contributed by atoms with Crippen LogP contribution in [0.15, 0.2) is 18.2 Å². The molecule has 1 aromatic rings. The molecule has 5 nitrogen and oxygen atoms in total. The molecular weight excluding hydrogens is 306 g/mol. The van der Waals surface area contributed by atoms with Gasteiger partial charge in [-0.3, -0.25) is 4.79 Å². The highest BCUT2D eigenvalue weighted by molar-refractivity contribution is 6.31. The molecule has 0 unspecified atom stereocenters. The average Bonchev–Trinajstić information content (AvgIpc) is 2.42. The topological polar surface area (TPSA) is 75.6 Å². The fraction of sp³-hybridized carbons (Fsp3) is 0.500. The molecule has 0 aliphatic heterocycles. The Labute approximate surface area is 134 Å². The smallest absolute Gasteiger partial charge is 0.329 e. The fourth-order valence-electron chi connectivity index (χ4n) is 2.38. The fourth-order valence-corrected chi connectivity index (χ4v) is 2.50. The predicted molar refractivity (Wildman–Crippen MR) is 83.3 cm³/mol. The van der Waals surface area contributed by atoms with Crippen LogP contribution in [0.5, 0.6) is 5.75 Å². The van der Waals surface area contributed by atoms with Crippen molar-refractivity contribution in [1.29, 1.82) is 0 Å². The number of rotatable bonds is 7. The maximum Gasteiger partial charge on any atom is 0.329 e. The number of carbonyl (C=O) groups is 2. The van der Waals surface area contributed by atoms with Crippen LogP contribution < -0.4 is 10.1 Å². The minimum Gasteiger partial charge on any atom is -0.494 e. The first kappa shape index (κ1) is 16.6. The molecule has 1 saturated carbocycles. The zero-order chi connectivity index (χ0) is 16.2. The van der Waals surface area contributed by atoms with E-state index >= 15 is 0 Å². The first-order valence-corrected chi connectivity index (χ1v) is 7.74. The molecule has 0 radical (unpaired) electrons. The second-order valence-corrected chi connectivity index (χ2v) is 6.06. The molecule has 1 amide bonds. The zero-order valence-electron chi connectivity index (χ0n) is 12.5. The lowest BCUT2D eigenvalue weighted by molar-refractivity contribution is -0.151. The van der Waals surface area contributed by atoms with Gasteiger partial charge in [0.15, 0.2) is 0 Å². The highest BCUT2D eigenvalue weighted by Crippen LogP contribution is 2.32. The molecule has 6 heteroatoms. The molecule has 22 heavy (non-hydrogen) atoms. The summed E-state index contributed by atoms with van der Waals surface area (Å²) in [4.78, 5) is 23.0. The van der Waals surface area contributed by atoms with E-state index in [0.717, 1.165) is 12.0 Å². The lowest BCUT2D eigenvalue weighted by Gasteiger charge is -2.38. The van der Waals surface area contributed by atoms with Crippen LogP contribution in [0.25, 0.3) is 0 Å². The third-order valence-electron chi connectivity index (χ3n) is 3.94. The lowest BCUT2D eigenvalue weighted by Crippen LogP contribution is -2.59. The van der Waals surface area contributed by atoms with Crippen molar-refractivity contribution in [2.24, 2.45) is 0 Å². The van der Waals surface area contributed by atoms with E-state index in [9.17, 15) is 9.59 Å². The number of amides is 1. The van der Waals surface area contributed by atoms with Gasteiger partial charge >= 0.3 is 5.97 Å². The van der Waals surface area contributed by atoms with Gasteiger partial charge in [-0.1, -0.05) is 11.6 Å². The van der Waals surface area contributed by atoms with Crippen LogP contribution in [-0.4, -0.2) is 29.1 Å². The Hall–Kier alpha value is -1.75. The van der Waals surface area contributed by atoms with Crippen molar-refractivity contribution in [3.05, 3.63) is 28.8 Å². The SMILES string of the molecule is Cc1cc(OCCCC(=O)NC2(C(=O)O)CCC2)ccc1Cl. The van der Waals surface area contributed by atoms with Gasteiger partial charge in [0.05, 0.1) is 6.61 Å². The molecule has 0 heterocycles. The van der Waals surface area contributed by atoms with Crippen LogP contribution in [0.2, 0.25) is 5.02 Å². The maximum atomic E-state index is 11.8. The Bertz CT molecular complexity index is 569. The van der Waals surface area contributed by atoms with Gasteiger partial charge in [0.1, 0.15) is 11.3 Å². The van der Waals surface area contributed by atoms with E-state index in [2.05, 4.69) is 5.32 Å². The van der Waals surface area contributed by atoms with E-state index in [4.69, 9.17) is 21.4 Å². The van der Waals surface area contributed by atoms with Gasteiger partial charge in [0.2, 0.25) is 5.91 Å². The molecule has 1 aromatic carbocycles. The van der Waals surface area contributed by atoms with Crippen LogP contribution in [0.4, 0.5) is 0 Å². The third kappa shape index (κ3) is 3.91. The Morgan fingerprint density at radius 1 is 1.41 bits per heavy atom. The summed E-state index contributed by atoms with van der Waals surface area (Å²) in [7, 11) is 0. The number of benzene rings is 1. The number of hydrogen-bond donors (Lipinski definition) is 2. The summed E-state index contributed by atoms with van der Waals surface area (Å²) in [6.45, 7) is 2.29. The van der Waals surface area contributed by atoms with Crippen molar-refractivity contribution in [3.8, 4) is 5.75 Å². The summed E-state index contributed by atoms with van der Waals surface area (Å²) in [5.41, 5.74) is -0.101. The lowest BCUT2D eigenvalue weighted by atomic mass is 9.76. The second-order valence-electron chi connectivity index (χ2n) is 5.65. The van der Waals surface area contributed by atoms with Gasteiger partial charge in [-0.25, -0.2) is 4.79 Å². The third-order valence-corrected chi connectivity index (χ3v) is 4.37. The first-order chi connectivity index (χ1) is 10.4. The molecule has 1 aliphatic carbocycles. The molecule has 0 saturated heterocycles. The Kier molecular flexibility index (Phi) is 5.29. The van der Waals surface area contributed by atoms with Gasteiger partial charge in [0, 0.05) is 11.4 Å². The minimum absolute atomic E-state index is 0.238. The minimum atomic E-state index is -1.04. The van der Waals surface area contributed by atoms with Gasteiger partial charge < -0.3 is 15.2 Å². The normalized spacial score (nSPS) is 15.7. The number of ether oxygens (including phenoxy) is 1. The Morgan fingerprint density at radius 3 is 2.68 bits per heavy atom. The summed E-state index contributed by atoms with van der Waals surface area (Å²) in [5, 5.41) is 12.5. The summed E-state index contributed by atoms with van der Waals surface area (Å²) in [5.74, 6) is -0.471. The molecule has 0 aromatic heterocycles. The van der Waals surface area contributed by atoms with E-state index in [0.29, 0.717) is 36.6 Å². The van der Waals surface area contributed by atoms with Crippen LogP contribution in [0.3, 0.4) is 0 Å². The highest BCUT2D eigenvalue weighted by Gasteiger charge is 2.45. The monoisotopic (exact) mass is 325 g/mol. The number of aliphatic carboxylic acids is 1. The Morgan fingerprint density at radius 2 is 2.14 bits per heavy atom. The van der Waals surface area contributed by atoms with Crippen molar-refractivity contribution < 1.29 is 19.4 Å². The molecule has 2 N–H and O–H groups in total. The van der Waals surface area contributed by atoms with Gasteiger partial charge in [-0.05, 0) is 56.4 Å². The molecule has 0 spiro atoms. The second kappa shape index (κ2) is 7.01. The number of carboxylic acid groups (broad SMARTS) is 1. The highest BCUT2D eigenvalue weighted by atomic mass is 35.5. The number of halogens is 1. The van der Waals surface area contributed by atoms with E-state index in [-0.39, 0.29) is 12.3 Å². The average molecular weight is 326 g/mol. The molecule has 0 bridgehead atoms. The van der Waals surface area contributed by atoms with Crippen LogP contribution in [-0.2, 0) is 9.59 Å². The van der Waals surface area contributed by atoms with Crippen LogP contribution in [0, 0.1) is 6.92 Å². The first-order valence-electron chi connectivity index (χ1n) is 7.36. The van der Waals surface area contributed by atoms with Crippen molar-refractivity contribution in [2.45, 2.75) is 44.6 Å². The van der Waals surface area contributed by atoms with E-state index in [1.54, 1.807) is 12.1 Å². The van der Waals surface area contributed by atoms with Crippen molar-refractivity contribution >= 4 is 23.5 Å².